The summed E-state index contributed by atoms with van der Waals surface area (Å²) < 4.78 is 5.85. The summed E-state index contributed by atoms with van der Waals surface area (Å²) in [5.74, 6) is 0.681. The quantitative estimate of drug-likeness (QED) is 0.931. The summed E-state index contributed by atoms with van der Waals surface area (Å²) in [6.45, 7) is 12.8. The minimum absolute atomic E-state index is 0.00227. The van der Waals surface area contributed by atoms with E-state index >= 15 is 0 Å². The van der Waals surface area contributed by atoms with Crippen molar-refractivity contribution in [3.63, 3.8) is 0 Å². The fourth-order valence-corrected chi connectivity index (χ4v) is 3.09. The van der Waals surface area contributed by atoms with Crippen molar-refractivity contribution in [2.45, 2.75) is 65.0 Å². The highest BCUT2D eigenvalue weighted by Crippen LogP contribution is 2.33. The third-order valence-corrected chi connectivity index (χ3v) is 4.73. The highest BCUT2D eigenvalue weighted by atomic mass is 16.5. The Labute approximate surface area is 139 Å². The number of carbonyl (C=O) groups is 1. The Kier molecular flexibility index (Phi) is 4.76. The SMILES string of the molecule is Cc1ccc(OCC(=O)N2CCC(O)C2(C)C)c(C(C)(C)C)c1. The van der Waals surface area contributed by atoms with E-state index in [1.807, 2.05) is 26.0 Å². The molecule has 0 radical (unpaired) electrons. The average molecular weight is 319 g/mol. The Hall–Kier alpha value is -1.55. The van der Waals surface area contributed by atoms with Crippen LogP contribution in [0.1, 0.15) is 52.2 Å². The van der Waals surface area contributed by atoms with Gasteiger partial charge in [-0.1, -0.05) is 38.5 Å². The molecule has 4 nitrogen and oxygen atoms in total. The summed E-state index contributed by atoms with van der Waals surface area (Å²) >= 11 is 0. The van der Waals surface area contributed by atoms with E-state index < -0.39 is 11.6 Å². The van der Waals surface area contributed by atoms with Crippen molar-refractivity contribution in [2.75, 3.05) is 13.2 Å². The van der Waals surface area contributed by atoms with Crippen molar-refractivity contribution >= 4 is 5.91 Å². The van der Waals surface area contributed by atoms with E-state index in [0.29, 0.717) is 13.0 Å². The van der Waals surface area contributed by atoms with Crippen molar-refractivity contribution in [2.24, 2.45) is 0 Å². The van der Waals surface area contributed by atoms with Crippen LogP contribution in [-0.4, -0.2) is 40.7 Å². The van der Waals surface area contributed by atoms with Gasteiger partial charge in [-0.2, -0.15) is 0 Å². The summed E-state index contributed by atoms with van der Waals surface area (Å²) in [6, 6.07) is 6.05. The van der Waals surface area contributed by atoms with Crippen LogP contribution in [0.5, 0.6) is 5.75 Å². The predicted octanol–water partition coefficient (Wildman–Crippen LogP) is 3.04. The maximum Gasteiger partial charge on any atom is 0.261 e. The lowest BCUT2D eigenvalue weighted by Gasteiger charge is -2.34. The largest absolute Gasteiger partial charge is 0.483 e. The number of hydrogen-bond donors (Lipinski definition) is 1. The first kappa shape index (κ1) is 17.8. The average Bonchev–Trinajstić information content (AvgIpc) is 2.70. The van der Waals surface area contributed by atoms with Crippen molar-refractivity contribution in [1.29, 1.82) is 0 Å². The van der Waals surface area contributed by atoms with E-state index in [0.717, 1.165) is 11.3 Å². The van der Waals surface area contributed by atoms with E-state index in [2.05, 4.69) is 33.8 Å². The Bertz CT molecular complexity index is 587. The molecule has 1 aliphatic heterocycles. The second kappa shape index (κ2) is 6.16. The lowest BCUT2D eigenvalue weighted by molar-refractivity contribution is -0.138. The maximum atomic E-state index is 12.5. The molecule has 0 spiro atoms. The van der Waals surface area contributed by atoms with Crippen LogP contribution in [0.25, 0.3) is 0 Å². The molecule has 0 saturated carbocycles. The van der Waals surface area contributed by atoms with Gasteiger partial charge >= 0.3 is 0 Å². The van der Waals surface area contributed by atoms with Crippen LogP contribution >= 0.6 is 0 Å². The molecule has 4 heteroatoms. The van der Waals surface area contributed by atoms with Crippen molar-refractivity contribution in [3.8, 4) is 5.75 Å². The Morgan fingerprint density at radius 2 is 2.04 bits per heavy atom. The number of ether oxygens (including phenoxy) is 1. The van der Waals surface area contributed by atoms with Crippen LogP contribution in [0, 0.1) is 6.92 Å². The third kappa shape index (κ3) is 3.69. The smallest absolute Gasteiger partial charge is 0.261 e. The summed E-state index contributed by atoms with van der Waals surface area (Å²) in [5, 5.41) is 10.0. The maximum absolute atomic E-state index is 12.5. The number of rotatable bonds is 3. The second-order valence-electron chi connectivity index (χ2n) is 8.04. The summed E-state index contributed by atoms with van der Waals surface area (Å²) in [5.41, 5.74) is 1.71. The number of aryl methyl sites for hydroxylation is 1. The first-order chi connectivity index (χ1) is 10.5. The third-order valence-electron chi connectivity index (χ3n) is 4.73. The van der Waals surface area contributed by atoms with Crippen molar-refractivity contribution < 1.29 is 14.6 Å². The standard InChI is InChI=1S/C19H29NO3/c1-13-7-8-15(14(11-13)18(2,3)4)23-12-17(22)20-10-9-16(21)19(20,5)6/h7-8,11,16,21H,9-10,12H2,1-6H3. The molecular weight excluding hydrogens is 290 g/mol. The fourth-order valence-electron chi connectivity index (χ4n) is 3.09. The molecule has 1 atom stereocenters. The predicted molar refractivity (Wildman–Crippen MR) is 91.8 cm³/mol. The van der Waals surface area contributed by atoms with Crippen LogP contribution in [0.4, 0.5) is 0 Å². The minimum Gasteiger partial charge on any atom is -0.483 e. The molecule has 1 aromatic carbocycles. The number of likely N-dealkylation sites (tertiary alicyclic amines) is 1. The van der Waals surface area contributed by atoms with Gasteiger partial charge in [0.1, 0.15) is 5.75 Å². The van der Waals surface area contributed by atoms with Crippen molar-refractivity contribution in [3.05, 3.63) is 29.3 Å². The first-order valence-electron chi connectivity index (χ1n) is 8.26. The fraction of sp³-hybridized carbons (Fsp3) is 0.632. The number of nitrogens with zero attached hydrogens (tertiary/aromatic N) is 1. The van der Waals surface area contributed by atoms with Gasteiger partial charge in [0.25, 0.3) is 5.91 Å². The van der Waals surface area contributed by atoms with Crippen LogP contribution < -0.4 is 4.74 Å². The molecule has 1 unspecified atom stereocenters. The van der Waals surface area contributed by atoms with Gasteiger partial charge in [0.05, 0.1) is 11.6 Å². The number of carbonyl (C=O) groups excluding carboxylic acids is 1. The minimum atomic E-state index is -0.527. The highest BCUT2D eigenvalue weighted by Gasteiger charge is 2.42. The van der Waals surface area contributed by atoms with E-state index in [1.165, 1.54) is 5.56 Å². The second-order valence-corrected chi connectivity index (χ2v) is 8.04. The van der Waals surface area contributed by atoms with Gasteiger partial charge in [-0.3, -0.25) is 4.79 Å². The molecule has 0 aliphatic carbocycles. The Balaban J connectivity index is 2.11. The summed E-state index contributed by atoms with van der Waals surface area (Å²) in [7, 11) is 0. The number of benzene rings is 1. The molecule has 2 rings (SSSR count). The van der Waals surface area contributed by atoms with Crippen LogP contribution in [-0.2, 0) is 10.2 Å². The first-order valence-corrected chi connectivity index (χ1v) is 8.26. The highest BCUT2D eigenvalue weighted by molar-refractivity contribution is 5.79. The molecule has 0 aromatic heterocycles. The number of amides is 1. The number of hydrogen-bond acceptors (Lipinski definition) is 3. The molecule has 1 amide bonds. The Morgan fingerprint density at radius 1 is 1.39 bits per heavy atom. The summed E-state index contributed by atoms with van der Waals surface area (Å²) in [4.78, 5) is 14.2. The Morgan fingerprint density at radius 3 is 2.57 bits per heavy atom. The molecule has 1 heterocycles. The normalized spacial score (nSPS) is 20.7. The number of aliphatic hydroxyl groups excluding tert-OH is 1. The molecule has 1 aliphatic rings. The molecule has 1 aromatic rings. The van der Waals surface area contributed by atoms with Crippen molar-refractivity contribution in [1.82, 2.24) is 4.90 Å². The molecule has 0 bridgehead atoms. The molecule has 128 valence electrons. The van der Waals surface area contributed by atoms with E-state index in [1.54, 1.807) is 4.90 Å². The topological polar surface area (TPSA) is 49.8 Å². The van der Waals surface area contributed by atoms with E-state index in [4.69, 9.17) is 4.74 Å². The van der Waals surface area contributed by atoms with Crippen LogP contribution in [0.2, 0.25) is 0 Å². The monoisotopic (exact) mass is 319 g/mol. The van der Waals surface area contributed by atoms with E-state index in [9.17, 15) is 9.90 Å². The van der Waals surface area contributed by atoms with Gasteiger partial charge in [-0.05, 0) is 44.2 Å². The molecule has 23 heavy (non-hydrogen) atoms. The molecule has 1 saturated heterocycles. The van der Waals surface area contributed by atoms with Crippen LogP contribution in [0.3, 0.4) is 0 Å². The van der Waals surface area contributed by atoms with Gasteiger partial charge < -0.3 is 14.7 Å². The van der Waals surface area contributed by atoms with Gasteiger partial charge in [0, 0.05) is 6.54 Å². The zero-order chi connectivity index (χ0) is 17.4. The lowest BCUT2D eigenvalue weighted by Crippen LogP contribution is -2.49. The number of aliphatic hydroxyl groups is 1. The van der Waals surface area contributed by atoms with Gasteiger partial charge in [0.15, 0.2) is 6.61 Å². The zero-order valence-corrected chi connectivity index (χ0v) is 15.1. The van der Waals surface area contributed by atoms with E-state index in [-0.39, 0.29) is 17.9 Å². The lowest BCUT2D eigenvalue weighted by atomic mass is 9.85. The van der Waals surface area contributed by atoms with Gasteiger partial charge in [-0.25, -0.2) is 0 Å². The summed E-state index contributed by atoms with van der Waals surface area (Å²) in [6.07, 6.45) is 0.146. The zero-order valence-electron chi connectivity index (χ0n) is 15.1. The molecule has 1 N–H and O–H groups in total. The molecular formula is C19H29NO3. The van der Waals surface area contributed by atoms with Crippen LogP contribution in [0.15, 0.2) is 18.2 Å². The van der Waals surface area contributed by atoms with Gasteiger partial charge in [-0.15, -0.1) is 0 Å². The molecule has 1 fully saturated rings. The van der Waals surface area contributed by atoms with Gasteiger partial charge in [0.2, 0.25) is 0 Å².